The van der Waals surface area contributed by atoms with E-state index >= 15 is 0 Å². The molecule has 0 aromatic heterocycles. The van der Waals surface area contributed by atoms with Crippen molar-refractivity contribution in [2.24, 2.45) is 5.92 Å². The summed E-state index contributed by atoms with van der Waals surface area (Å²) in [6, 6.07) is 7.42. The molecular weight excluding hydrogens is 272 g/mol. The normalized spacial score (nSPS) is 12.7. The summed E-state index contributed by atoms with van der Waals surface area (Å²) in [7, 11) is 0. The fourth-order valence-corrected chi connectivity index (χ4v) is 3.30. The summed E-state index contributed by atoms with van der Waals surface area (Å²) < 4.78 is 0. The Bertz CT molecular complexity index is 670. The Hall–Kier alpha value is -1.96. The average Bonchev–Trinajstić information content (AvgIpc) is 2.48. The van der Waals surface area contributed by atoms with Crippen LogP contribution >= 0.6 is 0 Å². The lowest BCUT2D eigenvalue weighted by Crippen LogP contribution is -2.13. The van der Waals surface area contributed by atoms with Crippen LogP contribution in [0.15, 0.2) is 24.3 Å². The number of hydrogen-bond donors (Lipinski definition) is 2. The quantitative estimate of drug-likeness (QED) is 0.825. The monoisotopic (exact) mass is 298 g/mol. The Morgan fingerprint density at radius 2 is 1.32 bits per heavy atom. The van der Waals surface area contributed by atoms with E-state index in [1.54, 1.807) is 6.07 Å². The summed E-state index contributed by atoms with van der Waals surface area (Å²) in [4.78, 5) is 0. The molecule has 0 aliphatic rings. The highest BCUT2D eigenvalue weighted by atomic mass is 16.3. The van der Waals surface area contributed by atoms with Crippen LogP contribution in [-0.2, 0) is 0 Å². The predicted molar refractivity (Wildman–Crippen MR) is 91.8 cm³/mol. The fraction of sp³-hybridized carbons (Fsp3) is 0.400. The molecule has 22 heavy (non-hydrogen) atoms. The van der Waals surface area contributed by atoms with Crippen LogP contribution in [-0.4, -0.2) is 10.2 Å². The van der Waals surface area contributed by atoms with E-state index in [2.05, 4.69) is 27.7 Å². The third-order valence-corrected chi connectivity index (χ3v) is 4.95. The van der Waals surface area contributed by atoms with Gasteiger partial charge in [0.2, 0.25) is 0 Å². The zero-order valence-corrected chi connectivity index (χ0v) is 14.4. The van der Waals surface area contributed by atoms with Crippen molar-refractivity contribution in [3.05, 3.63) is 57.6 Å². The largest absolute Gasteiger partial charge is 0.508 e. The van der Waals surface area contributed by atoms with Gasteiger partial charge >= 0.3 is 0 Å². The van der Waals surface area contributed by atoms with Gasteiger partial charge in [0.25, 0.3) is 0 Å². The molecular formula is C20H26O2. The number of para-hydroxylation sites is 1. The lowest BCUT2D eigenvalue weighted by Gasteiger charge is -2.28. The summed E-state index contributed by atoms with van der Waals surface area (Å²) in [5.41, 5.74) is 6.21. The average molecular weight is 298 g/mol. The molecule has 0 heterocycles. The first-order chi connectivity index (χ1) is 10.3. The summed E-state index contributed by atoms with van der Waals surface area (Å²) >= 11 is 0. The molecule has 2 N–H and O–H groups in total. The molecule has 1 unspecified atom stereocenters. The van der Waals surface area contributed by atoms with Crippen LogP contribution in [0.2, 0.25) is 0 Å². The van der Waals surface area contributed by atoms with Gasteiger partial charge in [-0.15, -0.1) is 0 Å². The molecule has 0 fully saturated rings. The van der Waals surface area contributed by atoms with Crippen molar-refractivity contribution in [2.75, 3.05) is 0 Å². The minimum atomic E-state index is -0.0285. The van der Waals surface area contributed by atoms with E-state index in [4.69, 9.17) is 0 Å². The van der Waals surface area contributed by atoms with Crippen molar-refractivity contribution in [3.63, 3.8) is 0 Å². The lowest BCUT2D eigenvalue weighted by molar-refractivity contribution is 0.432. The minimum Gasteiger partial charge on any atom is -0.508 e. The molecule has 0 amide bonds. The number of aromatic hydroxyl groups is 2. The molecule has 2 aromatic rings. The second-order valence-corrected chi connectivity index (χ2v) is 6.54. The van der Waals surface area contributed by atoms with Crippen LogP contribution in [0.3, 0.4) is 0 Å². The second-order valence-electron chi connectivity index (χ2n) is 6.54. The molecule has 2 nitrogen and oxygen atoms in total. The van der Waals surface area contributed by atoms with Crippen LogP contribution in [0, 0.1) is 33.6 Å². The Kier molecular flexibility index (Phi) is 4.50. The summed E-state index contributed by atoms with van der Waals surface area (Å²) in [6.45, 7) is 12.4. The van der Waals surface area contributed by atoms with Gasteiger partial charge in [0, 0.05) is 17.0 Å². The van der Waals surface area contributed by atoms with E-state index in [0.717, 1.165) is 27.8 Å². The van der Waals surface area contributed by atoms with Crippen LogP contribution in [0.25, 0.3) is 0 Å². The minimum absolute atomic E-state index is 0.0285. The molecule has 2 heteroatoms. The highest BCUT2D eigenvalue weighted by Crippen LogP contribution is 2.44. The van der Waals surface area contributed by atoms with E-state index in [0.29, 0.717) is 5.75 Å². The molecule has 0 radical (unpaired) electrons. The molecule has 2 rings (SSSR count). The molecule has 0 bridgehead atoms. The maximum Gasteiger partial charge on any atom is 0.122 e. The van der Waals surface area contributed by atoms with Gasteiger partial charge in [0.05, 0.1) is 0 Å². The van der Waals surface area contributed by atoms with Crippen molar-refractivity contribution < 1.29 is 10.2 Å². The SMILES string of the molecule is Cc1c(C)c(C)c(C(c2ccccc2O)C(C)C)c(O)c1C. The Balaban J connectivity index is 2.79. The van der Waals surface area contributed by atoms with Crippen molar-refractivity contribution in [1.82, 2.24) is 0 Å². The first-order valence-corrected chi connectivity index (χ1v) is 7.84. The topological polar surface area (TPSA) is 40.5 Å². The third-order valence-electron chi connectivity index (χ3n) is 4.95. The van der Waals surface area contributed by atoms with Gasteiger partial charge in [0.1, 0.15) is 11.5 Å². The van der Waals surface area contributed by atoms with E-state index in [1.807, 2.05) is 32.0 Å². The van der Waals surface area contributed by atoms with E-state index in [9.17, 15) is 10.2 Å². The predicted octanol–water partition coefficient (Wildman–Crippen LogP) is 5.12. The van der Waals surface area contributed by atoms with Crippen molar-refractivity contribution in [2.45, 2.75) is 47.5 Å². The molecule has 0 saturated carbocycles. The molecule has 0 aliphatic heterocycles. The number of benzene rings is 2. The lowest BCUT2D eigenvalue weighted by atomic mass is 9.77. The Morgan fingerprint density at radius 1 is 0.773 bits per heavy atom. The number of rotatable bonds is 3. The number of phenolic OH excluding ortho intramolecular Hbond substituents is 2. The zero-order valence-electron chi connectivity index (χ0n) is 14.4. The smallest absolute Gasteiger partial charge is 0.122 e. The van der Waals surface area contributed by atoms with Crippen LogP contribution in [0.1, 0.15) is 53.1 Å². The van der Waals surface area contributed by atoms with Gasteiger partial charge in [0.15, 0.2) is 0 Å². The van der Waals surface area contributed by atoms with Gasteiger partial charge in [-0.2, -0.15) is 0 Å². The Labute approximate surface area is 133 Å². The maximum atomic E-state index is 10.8. The molecule has 1 atom stereocenters. The van der Waals surface area contributed by atoms with E-state index in [-0.39, 0.29) is 17.6 Å². The molecule has 0 saturated heterocycles. The highest BCUT2D eigenvalue weighted by Gasteiger charge is 2.27. The van der Waals surface area contributed by atoms with Crippen molar-refractivity contribution in [3.8, 4) is 11.5 Å². The summed E-state index contributed by atoms with van der Waals surface area (Å²) in [6.07, 6.45) is 0. The number of phenols is 2. The zero-order chi connectivity index (χ0) is 16.6. The third kappa shape index (κ3) is 2.58. The van der Waals surface area contributed by atoms with Gasteiger partial charge in [-0.25, -0.2) is 0 Å². The molecule has 2 aromatic carbocycles. The first kappa shape index (κ1) is 16.4. The van der Waals surface area contributed by atoms with Gasteiger partial charge in [-0.1, -0.05) is 32.0 Å². The number of hydrogen-bond acceptors (Lipinski definition) is 2. The second kappa shape index (κ2) is 6.04. The van der Waals surface area contributed by atoms with Gasteiger partial charge < -0.3 is 10.2 Å². The van der Waals surface area contributed by atoms with Crippen LogP contribution in [0.5, 0.6) is 11.5 Å². The summed E-state index contributed by atoms with van der Waals surface area (Å²) in [5, 5.41) is 21.1. The standard InChI is InChI=1S/C20H26O2/c1-11(2)18(16-9-7-8-10-17(16)21)19-14(5)12(3)13(4)15(6)20(19)22/h7-11,18,21-22H,1-6H3. The van der Waals surface area contributed by atoms with Gasteiger partial charge in [-0.3, -0.25) is 0 Å². The van der Waals surface area contributed by atoms with Crippen LogP contribution in [0.4, 0.5) is 0 Å². The maximum absolute atomic E-state index is 10.8. The van der Waals surface area contributed by atoms with E-state index in [1.165, 1.54) is 5.56 Å². The van der Waals surface area contributed by atoms with Gasteiger partial charge in [-0.05, 0) is 61.9 Å². The molecule has 0 spiro atoms. The molecule has 0 aliphatic carbocycles. The Morgan fingerprint density at radius 3 is 1.86 bits per heavy atom. The first-order valence-electron chi connectivity index (χ1n) is 7.84. The fourth-order valence-electron chi connectivity index (χ4n) is 3.30. The van der Waals surface area contributed by atoms with Crippen molar-refractivity contribution >= 4 is 0 Å². The molecule has 118 valence electrons. The highest BCUT2D eigenvalue weighted by molar-refractivity contribution is 5.58. The summed E-state index contributed by atoms with van der Waals surface area (Å²) in [5.74, 6) is 0.886. The van der Waals surface area contributed by atoms with E-state index < -0.39 is 0 Å². The van der Waals surface area contributed by atoms with Crippen molar-refractivity contribution in [1.29, 1.82) is 0 Å². The van der Waals surface area contributed by atoms with Crippen LogP contribution < -0.4 is 0 Å².